The summed E-state index contributed by atoms with van der Waals surface area (Å²) in [5, 5.41) is 6.60. The Labute approximate surface area is 220 Å². The minimum absolute atomic E-state index is 0.126. The van der Waals surface area contributed by atoms with Gasteiger partial charge in [0.1, 0.15) is 29.2 Å². The fraction of sp³-hybridized carbons (Fsp3) is 0.179. The van der Waals surface area contributed by atoms with Gasteiger partial charge in [0.15, 0.2) is 5.82 Å². The molecule has 5 rings (SSSR count). The molecule has 0 spiro atoms. The highest BCUT2D eigenvalue weighted by molar-refractivity contribution is 5.88. The minimum Gasteiger partial charge on any atom is -0.457 e. The number of rotatable bonds is 9. The predicted octanol–water partition coefficient (Wildman–Crippen LogP) is 4.81. The van der Waals surface area contributed by atoms with Crippen molar-refractivity contribution in [1.29, 1.82) is 0 Å². The molecule has 0 unspecified atom stereocenters. The van der Waals surface area contributed by atoms with Crippen molar-refractivity contribution < 1.29 is 9.53 Å². The minimum atomic E-state index is -0.126. The molecule has 2 N–H and O–H groups in total. The number of imidazole rings is 1. The largest absolute Gasteiger partial charge is 0.457 e. The Morgan fingerprint density at radius 3 is 2.79 bits per heavy atom. The molecule has 10 nitrogen and oxygen atoms in total. The maximum absolute atomic E-state index is 11.7. The maximum atomic E-state index is 11.7. The van der Waals surface area contributed by atoms with E-state index in [0.29, 0.717) is 35.8 Å². The molecule has 0 aliphatic rings. The van der Waals surface area contributed by atoms with E-state index in [1.54, 1.807) is 18.3 Å². The van der Waals surface area contributed by atoms with Crippen LogP contribution in [-0.2, 0) is 11.8 Å². The summed E-state index contributed by atoms with van der Waals surface area (Å²) in [6.45, 7) is 6.56. The van der Waals surface area contributed by atoms with Crippen molar-refractivity contribution in [3.8, 4) is 11.5 Å². The highest BCUT2D eigenvalue weighted by atomic mass is 16.5. The molecule has 0 aliphatic carbocycles. The monoisotopic (exact) mass is 508 g/mol. The van der Waals surface area contributed by atoms with Crippen molar-refractivity contribution in [2.24, 2.45) is 7.05 Å². The van der Waals surface area contributed by atoms with E-state index < -0.39 is 0 Å². The van der Waals surface area contributed by atoms with Crippen LogP contribution in [0.15, 0.2) is 73.8 Å². The number of ether oxygens (including phenoxy) is 1. The van der Waals surface area contributed by atoms with E-state index in [0.717, 1.165) is 33.8 Å². The van der Waals surface area contributed by atoms with Crippen molar-refractivity contribution in [3.05, 3.63) is 79.4 Å². The summed E-state index contributed by atoms with van der Waals surface area (Å²) < 4.78 is 8.11. The van der Waals surface area contributed by atoms with Gasteiger partial charge < -0.3 is 24.8 Å². The number of aryl methyl sites for hydroxylation is 2. The SMILES string of the molecule is C=CC(=O)N(C)CCNc1ccc2ncnc(Nc3ccc(Oc4ccc5c(c4)ncn5C)c(C)c3)c2n1. The van der Waals surface area contributed by atoms with Crippen LogP contribution in [-0.4, -0.2) is 55.4 Å². The molecule has 0 bridgehead atoms. The number of anilines is 3. The highest BCUT2D eigenvalue weighted by Gasteiger charge is 2.10. The van der Waals surface area contributed by atoms with Gasteiger partial charge >= 0.3 is 0 Å². The lowest BCUT2D eigenvalue weighted by molar-refractivity contribution is -0.124. The molecule has 0 atom stereocenters. The van der Waals surface area contributed by atoms with Gasteiger partial charge in [0.25, 0.3) is 0 Å². The number of aromatic nitrogens is 5. The number of amides is 1. The summed E-state index contributed by atoms with van der Waals surface area (Å²) >= 11 is 0. The van der Waals surface area contributed by atoms with Crippen LogP contribution in [0.1, 0.15) is 5.56 Å². The average molecular weight is 509 g/mol. The van der Waals surface area contributed by atoms with Crippen molar-refractivity contribution in [1.82, 2.24) is 29.4 Å². The standard InChI is InChI=1S/C28H28N8O2/c1-5-26(37)35(3)13-12-29-25-11-8-21-27(34-25)28(31-16-30-21)33-19-6-10-24(18(2)14-19)38-20-7-9-23-22(15-20)32-17-36(23)4/h5-11,14-17H,1,12-13H2,2-4H3,(H,29,34)(H,30,31,33). The van der Waals surface area contributed by atoms with Crippen molar-refractivity contribution in [2.45, 2.75) is 6.92 Å². The van der Waals surface area contributed by atoms with Crippen LogP contribution in [0, 0.1) is 6.92 Å². The summed E-state index contributed by atoms with van der Waals surface area (Å²) in [6, 6.07) is 15.5. The Bertz CT molecular complexity index is 1650. The second-order valence-corrected chi connectivity index (χ2v) is 8.89. The maximum Gasteiger partial charge on any atom is 0.245 e. The number of carbonyl (C=O) groups excluding carboxylic acids is 1. The molecule has 1 amide bonds. The number of benzene rings is 2. The van der Waals surface area contributed by atoms with E-state index >= 15 is 0 Å². The van der Waals surface area contributed by atoms with E-state index in [1.807, 2.05) is 67.1 Å². The topological polar surface area (TPSA) is 110 Å². The molecule has 2 aromatic carbocycles. The molecule has 0 radical (unpaired) electrons. The Morgan fingerprint density at radius 2 is 1.97 bits per heavy atom. The Morgan fingerprint density at radius 1 is 1.11 bits per heavy atom. The molecule has 0 saturated carbocycles. The zero-order valence-electron chi connectivity index (χ0n) is 21.5. The normalized spacial score (nSPS) is 10.9. The summed E-state index contributed by atoms with van der Waals surface area (Å²) in [5.74, 6) is 2.61. The molecule has 0 fully saturated rings. The molecule has 3 aromatic heterocycles. The molecule has 192 valence electrons. The quantitative estimate of drug-likeness (QED) is 0.273. The number of fused-ring (bicyclic) bond motifs is 2. The third-order valence-electron chi connectivity index (χ3n) is 6.15. The molecule has 0 aliphatic heterocycles. The van der Waals surface area contributed by atoms with Crippen LogP contribution in [0.2, 0.25) is 0 Å². The fourth-order valence-electron chi connectivity index (χ4n) is 4.03. The number of hydrogen-bond donors (Lipinski definition) is 2. The lowest BCUT2D eigenvalue weighted by Gasteiger charge is -2.16. The number of carbonyl (C=O) groups is 1. The smallest absolute Gasteiger partial charge is 0.245 e. The Balaban J connectivity index is 1.31. The third-order valence-corrected chi connectivity index (χ3v) is 6.15. The fourth-order valence-corrected chi connectivity index (χ4v) is 4.03. The van der Waals surface area contributed by atoms with Crippen LogP contribution in [0.3, 0.4) is 0 Å². The second kappa shape index (κ2) is 10.6. The first-order chi connectivity index (χ1) is 18.4. The van der Waals surface area contributed by atoms with Gasteiger partial charge in [-0.15, -0.1) is 0 Å². The van der Waals surface area contributed by atoms with Crippen molar-refractivity contribution in [3.63, 3.8) is 0 Å². The highest BCUT2D eigenvalue weighted by Crippen LogP contribution is 2.31. The van der Waals surface area contributed by atoms with Gasteiger partial charge in [-0.3, -0.25) is 4.79 Å². The predicted molar refractivity (Wildman–Crippen MR) is 149 cm³/mol. The van der Waals surface area contributed by atoms with Gasteiger partial charge in [0, 0.05) is 38.9 Å². The molecule has 38 heavy (non-hydrogen) atoms. The first-order valence-corrected chi connectivity index (χ1v) is 12.1. The van der Waals surface area contributed by atoms with Gasteiger partial charge in [-0.05, 0) is 61.0 Å². The van der Waals surface area contributed by atoms with Crippen LogP contribution >= 0.6 is 0 Å². The van der Waals surface area contributed by atoms with Crippen LogP contribution in [0.5, 0.6) is 11.5 Å². The van der Waals surface area contributed by atoms with Gasteiger partial charge in [-0.25, -0.2) is 19.9 Å². The molecule has 3 heterocycles. The van der Waals surface area contributed by atoms with Crippen molar-refractivity contribution >= 4 is 45.3 Å². The average Bonchev–Trinajstić information content (AvgIpc) is 3.29. The van der Waals surface area contributed by atoms with Gasteiger partial charge in [0.2, 0.25) is 5.91 Å². The van der Waals surface area contributed by atoms with Gasteiger partial charge in [0.05, 0.1) is 22.9 Å². The lowest BCUT2D eigenvalue weighted by atomic mass is 10.2. The van der Waals surface area contributed by atoms with Gasteiger partial charge in [-0.1, -0.05) is 6.58 Å². The lowest BCUT2D eigenvalue weighted by Crippen LogP contribution is -2.29. The van der Waals surface area contributed by atoms with Crippen molar-refractivity contribution in [2.75, 3.05) is 30.8 Å². The van der Waals surface area contributed by atoms with Crippen LogP contribution < -0.4 is 15.4 Å². The summed E-state index contributed by atoms with van der Waals surface area (Å²) in [6.07, 6.45) is 4.59. The number of nitrogens with one attached hydrogen (secondary N) is 2. The van der Waals surface area contributed by atoms with E-state index in [9.17, 15) is 4.79 Å². The third kappa shape index (κ3) is 5.24. The number of nitrogens with zero attached hydrogens (tertiary/aromatic N) is 6. The summed E-state index contributed by atoms with van der Waals surface area (Å²) in [7, 11) is 3.69. The first-order valence-electron chi connectivity index (χ1n) is 12.1. The molecule has 0 saturated heterocycles. The second-order valence-electron chi connectivity index (χ2n) is 8.89. The number of pyridine rings is 1. The summed E-state index contributed by atoms with van der Waals surface area (Å²) in [5.41, 5.74) is 5.09. The van der Waals surface area contributed by atoms with E-state index in [-0.39, 0.29) is 5.91 Å². The van der Waals surface area contributed by atoms with Gasteiger partial charge in [-0.2, -0.15) is 0 Å². The molecular weight excluding hydrogens is 480 g/mol. The zero-order chi connectivity index (χ0) is 26.6. The summed E-state index contributed by atoms with van der Waals surface area (Å²) in [4.78, 5) is 31.1. The molecule has 10 heteroatoms. The molecular formula is C28H28N8O2. The number of likely N-dealkylation sites (N-methyl/N-ethyl adjacent to an activating group) is 1. The van der Waals surface area contributed by atoms with E-state index in [1.165, 1.54) is 12.4 Å². The number of hydrogen-bond acceptors (Lipinski definition) is 8. The Kier molecular flexibility index (Phi) is 6.86. The van der Waals surface area contributed by atoms with Crippen LogP contribution in [0.25, 0.3) is 22.1 Å². The van der Waals surface area contributed by atoms with E-state index in [4.69, 9.17) is 9.72 Å². The first kappa shape index (κ1) is 24.7. The Hall–Kier alpha value is -4.99. The zero-order valence-corrected chi connectivity index (χ0v) is 21.5. The van der Waals surface area contributed by atoms with E-state index in [2.05, 4.69) is 32.2 Å². The van der Waals surface area contributed by atoms with Crippen LogP contribution in [0.4, 0.5) is 17.3 Å². The molecule has 5 aromatic rings.